The molecule has 1 heterocycles. The molecule has 0 saturated heterocycles. The van der Waals surface area contributed by atoms with Crippen molar-refractivity contribution in [3.63, 3.8) is 0 Å². The Labute approximate surface area is 122 Å². The molecule has 0 aliphatic rings. The minimum atomic E-state index is -0.928. The minimum absolute atomic E-state index is 0.288. The number of nitrogens with one attached hydrogen (secondary N) is 1. The van der Waals surface area contributed by atoms with Crippen molar-refractivity contribution in [3.05, 3.63) is 50.1 Å². The number of rotatable bonds is 4. The smallest absolute Gasteiger partial charge is 0.336 e. The lowest BCUT2D eigenvalue weighted by Gasteiger charge is -2.07. The van der Waals surface area contributed by atoms with E-state index < -0.39 is 5.97 Å². The third-order valence-electron chi connectivity index (χ3n) is 2.46. The van der Waals surface area contributed by atoms with Crippen LogP contribution in [-0.4, -0.2) is 11.1 Å². The second-order valence-corrected chi connectivity index (χ2v) is 5.67. The predicted molar refractivity (Wildman–Crippen MR) is 77.5 cm³/mol. The second-order valence-electron chi connectivity index (χ2n) is 3.76. The number of hydrogen-bond donors (Lipinski definition) is 2. The molecule has 6 heteroatoms. The van der Waals surface area contributed by atoms with Crippen LogP contribution >= 0.6 is 27.3 Å². The molecule has 0 amide bonds. The van der Waals surface area contributed by atoms with Crippen LogP contribution in [0.1, 0.15) is 20.8 Å². The Morgan fingerprint density at radius 2 is 2.26 bits per heavy atom. The molecular formula is C13H9BrN2O2S. The van der Waals surface area contributed by atoms with Crippen molar-refractivity contribution in [1.29, 1.82) is 5.26 Å². The highest BCUT2D eigenvalue weighted by molar-refractivity contribution is 9.10. The van der Waals surface area contributed by atoms with Gasteiger partial charge in [0, 0.05) is 21.3 Å². The molecule has 1 aromatic carbocycles. The monoisotopic (exact) mass is 336 g/mol. The molecule has 0 unspecified atom stereocenters. The number of carbonyl (C=O) groups is 1. The Balaban J connectivity index is 2.12. The number of hydrogen-bond acceptors (Lipinski definition) is 4. The molecule has 0 aliphatic carbocycles. The first-order chi connectivity index (χ1) is 9.10. The van der Waals surface area contributed by atoms with Gasteiger partial charge in [-0.15, -0.1) is 11.3 Å². The van der Waals surface area contributed by atoms with E-state index in [1.165, 1.54) is 11.3 Å². The Morgan fingerprint density at radius 3 is 2.89 bits per heavy atom. The maximum absolute atomic E-state index is 10.8. The fourth-order valence-electron chi connectivity index (χ4n) is 1.53. The van der Waals surface area contributed by atoms with E-state index in [2.05, 4.69) is 27.3 Å². The molecule has 2 N–H and O–H groups in total. The molecule has 0 radical (unpaired) electrons. The van der Waals surface area contributed by atoms with Gasteiger partial charge < -0.3 is 10.4 Å². The molecule has 0 fully saturated rings. The first-order valence-electron chi connectivity index (χ1n) is 5.34. The lowest BCUT2D eigenvalue weighted by Crippen LogP contribution is -2.00. The summed E-state index contributed by atoms with van der Waals surface area (Å²) in [6, 6.07) is 9.09. The third kappa shape index (κ3) is 3.34. The van der Waals surface area contributed by atoms with Gasteiger partial charge in [-0.3, -0.25) is 0 Å². The summed E-state index contributed by atoms with van der Waals surface area (Å²) in [7, 11) is 0. The van der Waals surface area contributed by atoms with E-state index in [9.17, 15) is 4.79 Å². The Kier molecular flexibility index (Phi) is 4.20. The molecule has 4 nitrogen and oxygen atoms in total. The van der Waals surface area contributed by atoms with Crippen LogP contribution in [0.4, 0.5) is 5.69 Å². The molecule has 2 rings (SSSR count). The second kappa shape index (κ2) is 5.87. The van der Waals surface area contributed by atoms with Crippen molar-refractivity contribution in [3.8, 4) is 6.07 Å². The first-order valence-corrected chi connectivity index (χ1v) is 7.01. The zero-order valence-electron chi connectivity index (χ0n) is 9.68. The van der Waals surface area contributed by atoms with Gasteiger partial charge in [0.05, 0.1) is 16.8 Å². The van der Waals surface area contributed by atoms with Crippen LogP contribution in [0.25, 0.3) is 0 Å². The fourth-order valence-corrected chi connectivity index (χ4v) is 2.69. The topological polar surface area (TPSA) is 73.1 Å². The standard InChI is InChI=1S/C13H9BrN2O2S/c14-10-2-1-8(5-15)12(4-10)16-6-11-3-9(7-19-11)13(17)18/h1-4,7,16H,6H2,(H,17,18). The lowest BCUT2D eigenvalue weighted by atomic mass is 10.2. The van der Waals surface area contributed by atoms with Gasteiger partial charge in [0.15, 0.2) is 0 Å². The van der Waals surface area contributed by atoms with Crippen LogP contribution in [0.15, 0.2) is 34.1 Å². The zero-order valence-corrected chi connectivity index (χ0v) is 12.1. The van der Waals surface area contributed by atoms with Crippen molar-refractivity contribution in [2.45, 2.75) is 6.54 Å². The number of nitrogens with zero attached hydrogens (tertiary/aromatic N) is 1. The maximum Gasteiger partial charge on any atom is 0.336 e. The summed E-state index contributed by atoms with van der Waals surface area (Å²) in [6.07, 6.45) is 0. The van der Waals surface area contributed by atoms with E-state index in [1.54, 1.807) is 23.6 Å². The Morgan fingerprint density at radius 1 is 1.47 bits per heavy atom. The predicted octanol–water partition coefficient (Wildman–Crippen LogP) is 3.69. The summed E-state index contributed by atoms with van der Waals surface area (Å²) < 4.78 is 0.881. The van der Waals surface area contributed by atoms with Gasteiger partial charge >= 0.3 is 5.97 Å². The molecule has 0 bridgehead atoms. The van der Waals surface area contributed by atoms with Gasteiger partial charge in [0.2, 0.25) is 0 Å². The van der Waals surface area contributed by atoms with Gasteiger partial charge in [0.25, 0.3) is 0 Å². The number of aromatic carboxylic acids is 1. The lowest BCUT2D eigenvalue weighted by molar-refractivity contribution is 0.0697. The highest BCUT2D eigenvalue weighted by Gasteiger charge is 2.07. The van der Waals surface area contributed by atoms with Crippen molar-refractivity contribution < 1.29 is 9.90 Å². The summed E-state index contributed by atoms with van der Waals surface area (Å²) in [5.41, 5.74) is 1.57. The van der Waals surface area contributed by atoms with Crippen LogP contribution in [0, 0.1) is 11.3 Å². The first kappa shape index (κ1) is 13.6. The Hall–Kier alpha value is -1.84. The molecule has 0 saturated carbocycles. The normalized spacial score (nSPS) is 9.89. The molecule has 0 aliphatic heterocycles. The van der Waals surface area contributed by atoms with E-state index >= 15 is 0 Å². The van der Waals surface area contributed by atoms with Gasteiger partial charge in [-0.2, -0.15) is 5.26 Å². The molecule has 2 aromatic rings. The summed E-state index contributed by atoms with van der Waals surface area (Å²) in [5, 5.41) is 22.6. The number of halogens is 1. The fraction of sp³-hybridized carbons (Fsp3) is 0.0769. The van der Waals surface area contributed by atoms with E-state index in [0.29, 0.717) is 12.1 Å². The summed E-state index contributed by atoms with van der Waals surface area (Å²) >= 11 is 4.73. The van der Waals surface area contributed by atoms with E-state index in [4.69, 9.17) is 10.4 Å². The number of nitriles is 1. The largest absolute Gasteiger partial charge is 0.478 e. The average Bonchev–Trinajstić information content (AvgIpc) is 2.85. The number of thiophene rings is 1. The number of carboxylic acid groups (broad SMARTS) is 1. The average molecular weight is 337 g/mol. The quantitative estimate of drug-likeness (QED) is 0.892. The molecular weight excluding hydrogens is 328 g/mol. The third-order valence-corrected chi connectivity index (χ3v) is 3.89. The summed E-state index contributed by atoms with van der Waals surface area (Å²) in [4.78, 5) is 11.7. The zero-order chi connectivity index (χ0) is 13.8. The molecule has 0 spiro atoms. The highest BCUT2D eigenvalue weighted by Crippen LogP contribution is 2.22. The van der Waals surface area contributed by atoms with Gasteiger partial charge in [-0.1, -0.05) is 15.9 Å². The van der Waals surface area contributed by atoms with Crippen molar-refractivity contribution in [2.75, 3.05) is 5.32 Å². The van der Waals surface area contributed by atoms with Crippen LogP contribution in [-0.2, 0) is 6.54 Å². The molecule has 1 aromatic heterocycles. The molecule has 0 atom stereocenters. The molecule has 19 heavy (non-hydrogen) atoms. The van der Waals surface area contributed by atoms with E-state index in [0.717, 1.165) is 15.0 Å². The maximum atomic E-state index is 10.8. The number of carboxylic acids is 1. The van der Waals surface area contributed by atoms with Crippen LogP contribution in [0.2, 0.25) is 0 Å². The SMILES string of the molecule is N#Cc1ccc(Br)cc1NCc1cc(C(=O)O)cs1. The van der Waals surface area contributed by atoms with Gasteiger partial charge in [-0.05, 0) is 24.3 Å². The van der Waals surface area contributed by atoms with Crippen LogP contribution in [0.5, 0.6) is 0 Å². The van der Waals surface area contributed by atoms with Crippen molar-refractivity contribution in [2.24, 2.45) is 0 Å². The van der Waals surface area contributed by atoms with Crippen LogP contribution in [0.3, 0.4) is 0 Å². The van der Waals surface area contributed by atoms with Crippen molar-refractivity contribution >= 4 is 38.9 Å². The minimum Gasteiger partial charge on any atom is -0.478 e. The van der Waals surface area contributed by atoms with Gasteiger partial charge in [-0.25, -0.2) is 4.79 Å². The van der Waals surface area contributed by atoms with E-state index in [1.807, 2.05) is 6.07 Å². The number of benzene rings is 1. The van der Waals surface area contributed by atoms with Crippen LogP contribution < -0.4 is 5.32 Å². The van der Waals surface area contributed by atoms with Crippen molar-refractivity contribution in [1.82, 2.24) is 0 Å². The van der Waals surface area contributed by atoms with E-state index in [-0.39, 0.29) is 5.56 Å². The number of anilines is 1. The summed E-state index contributed by atoms with van der Waals surface area (Å²) in [5.74, 6) is -0.928. The Bertz CT molecular complexity index is 661. The molecule has 96 valence electrons. The van der Waals surface area contributed by atoms with Gasteiger partial charge in [0.1, 0.15) is 6.07 Å². The summed E-state index contributed by atoms with van der Waals surface area (Å²) in [6.45, 7) is 0.489. The highest BCUT2D eigenvalue weighted by atomic mass is 79.9.